The van der Waals surface area contributed by atoms with Crippen LogP contribution in [0.3, 0.4) is 0 Å². The van der Waals surface area contributed by atoms with Crippen LogP contribution < -0.4 is 10.5 Å². The lowest BCUT2D eigenvalue weighted by Gasteiger charge is -2.12. The van der Waals surface area contributed by atoms with Crippen LogP contribution >= 0.6 is 11.6 Å². The lowest BCUT2D eigenvalue weighted by Crippen LogP contribution is -2.06. The molecule has 0 heterocycles. The molecule has 0 saturated carbocycles. The van der Waals surface area contributed by atoms with Gasteiger partial charge in [0.1, 0.15) is 12.4 Å². The minimum absolute atomic E-state index is 0.541. The Morgan fingerprint density at radius 2 is 1.95 bits per heavy atom. The SMILES string of the molecule is Cc1cccc(COc2cccc(Cl)c2CCN)c1. The molecule has 0 aliphatic rings. The first-order chi connectivity index (χ1) is 9.20. The van der Waals surface area contributed by atoms with Crippen molar-refractivity contribution in [1.29, 1.82) is 0 Å². The van der Waals surface area contributed by atoms with Gasteiger partial charge in [-0.3, -0.25) is 0 Å². The molecule has 0 aliphatic heterocycles. The number of rotatable bonds is 5. The monoisotopic (exact) mass is 275 g/mol. The van der Waals surface area contributed by atoms with Crippen LogP contribution in [0.2, 0.25) is 5.02 Å². The van der Waals surface area contributed by atoms with Gasteiger partial charge >= 0.3 is 0 Å². The van der Waals surface area contributed by atoms with E-state index in [2.05, 4.69) is 25.1 Å². The highest BCUT2D eigenvalue weighted by molar-refractivity contribution is 6.31. The molecule has 0 amide bonds. The van der Waals surface area contributed by atoms with Crippen LogP contribution in [0.15, 0.2) is 42.5 Å². The second kappa shape index (κ2) is 6.60. The molecule has 0 fully saturated rings. The Morgan fingerprint density at radius 1 is 1.16 bits per heavy atom. The number of halogens is 1. The van der Waals surface area contributed by atoms with E-state index in [1.54, 1.807) is 0 Å². The van der Waals surface area contributed by atoms with Crippen LogP contribution in [0.4, 0.5) is 0 Å². The Morgan fingerprint density at radius 3 is 2.68 bits per heavy atom. The largest absolute Gasteiger partial charge is 0.489 e. The van der Waals surface area contributed by atoms with Crippen LogP contribution in [-0.2, 0) is 13.0 Å². The Bertz CT molecular complexity index is 554. The van der Waals surface area contributed by atoms with Gasteiger partial charge in [-0.05, 0) is 37.6 Å². The average molecular weight is 276 g/mol. The van der Waals surface area contributed by atoms with E-state index in [9.17, 15) is 0 Å². The Balaban J connectivity index is 2.13. The summed E-state index contributed by atoms with van der Waals surface area (Å²) in [6.45, 7) is 3.17. The third-order valence-electron chi connectivity index (χ3n) is 2.95. The summed E-state index contributed by atoms with van der Waals surface area (Å²) in [6, 6.07) is 14.0. The minimum atomic E-state index is 0.541. The molecule has 0 radical (unpaired) electrons. The maximum atomic E-state index is 6.18. The predicted molar refractivity (Wildman–Crippen MR) is 79.7 cm³/mol. The van der Waals surface area contributed by atoms with Crippen molar-refractivity contribution in [2.75, 3.05) is 6.54 Å². The van der Waals surface area contributed by atoms with Crippen molar-refractivity contribution >= 4 is 11.6 Å². The number of benzene rings is 2. The molecule has 0 spiro atoms. The summed E-state index contributed by atoms with van der Waals surface area (Å²) in [7, 11) is 0. The molecule has 19 heavy (non-hydrogen) atoms. The van der Waals surface area contributed by atoms with Crippen LogP contribution in [0.1, 0.15) is 16.7 Å². The molecule has 2 N–H and O–H groups in total. The maximum Gasteiger partial charge on any atom is 0.124 e. The number of ether oxygens (including phenoxy) is 1. The first-order valence-electron chi connectivity index (χ1n) is 6.36. The smallest absolute Gasteiger partial charge is 0.124 e. The van der Waals surface area contributed by atoms with E-state index >= 15 is 0 Å². The van der Waals surface area contributed by atoms with Crippen LogP contribution in [0.5, 0.6) is 5.75 Å². The van der Waals surface area contributed by atoms with Crippen molar-refractivity contribution in [2.24, 2.45) is 5.73 Å². The molecule has 2 aromatic rings. The van der Waals surface area contributed by atoms with Gasteiger partial charge in [0.05, 0.1) is 0 Å². The molecule has 0 unspecified atom stereocenters. The van der Waals surface area contributed by atoms with E-state index in [4.69, 9.17) is 22.1 Å². The summed E-state index contributed by atoms with van der Waals surface area (Å²) in [5.41, 5.74) is 8.98. The molecule has 2 nitrogen and oxygen atoms in total. The van der Waals surface area contributed by atoms with Crippen LogP contribution in [0, 0.1) is 6.92 Å². The van der Waals surface area contributed by atoms with E-state index in [-0.39, 0.29) is 0 Å². The van der Waals surface area contributed by atoms with E-state index in [0.29, 0.717) is 18.2 Å². The van der Waals surface area contributed by atoms with Crippen molar-refractivity contribution < 1.29 is 4.74 Å². The molecule has 100 valence electrons. The molecule has 0 atom stereocenters. The highest BCUT2D eigenvalue weighted by Gasteiger charge is 2.07. The fourth-order valence-corrected chi connectivity index (χ4v) is 2.28. The first kappa shape index (κ1) is 13.9. The quantitative estimate of drug-likeness (QED) is 0.902. The summed E-state index contributed by atoms with van der Waals surface area (Å²) in [6.07, 6.45) is 0.725. The standard InChI is InChI=1S/C16H18ClNO/c1-12-4-2-5-13(10-12)11-19-16-7-3-6-15(17)14(16)8-9-18/h2-7,10H,8-9,11,18H2,1H3. The zero-order valence-electron chi connectivity index (χ0n) is 11.0. The zero-order valence-corrected chi connectivity index (χ0v) is 11.8. The third-order valence-corrected chi connectivity index (χ3v) is 3.30. The van der Waals surface area contributed by atoms with Gasteiger partial charge < -0.3 is 10.5 Å². The van der Waals surface area contributed by atoms with Gasteiger partial charge in [-0.15, -0.1) is 0 Å². The van der Waals surface area contributed by atoms with E-state index in [0.717, 1.165) is 23.3 Å². The Hall–Kier alpha value is -1.51. The summed E-state index contributed by atoms with van der Waals surface area (Å²) >= 11 is 6.18. The fraction of sp³-hybridized carbons (Fsp3) is 0.250. The van der Waals surface area contributed by atoms with E-state index in [1.165, 1.54) is 5.56 Å². The van der Waals surface area contributed by atoms with Crippen molar-refractivity contribution in [2.45, 2.75) is 20.0 Å². The molecular formula is C16H18ClNO. The van der Waals surface area contributed by atoms with Crippen molar-refractivity contribution in [3.63, 3.8) is 0 Å². The Labute approximate surface area is 119 Å². The maximum absolute atomic E-state index is 6.18. The highest BCUT2D eigenvalue weighted by atomic mass is 35.5. The molecule has 2 aromatic carbocycles. The predicted octanol–water partition coefficient (Wildman–Crippen LogP) is 3.73. The highest BCUT2D eigenvalue weighted by Crippen LogP contribution is 2.27. The second-order valence-corrected chi connectivity index (χ2v) is 4.94. The lowest BCUT2D eigenvalue weighted by atomic mass is 10.1. The topological polar surface area (TPSA) is 35.2 Å². The van der Waals surface area contributed by atoms with Gasteiger partial charge in [-0.25, -0.2) is 0 Å². The van der Waals surface area contributed by atoms with Gasteiger partial charge in [0, 0.05) is 10.6 Å². The first-order valence-corrected chi connectivity index (χ1v) is 6.74. The van der Waals surface area contributed by atoms with E-state index in [1.807, 2.05) is 24.3 Å². The molecular weight excluding hydrogens is 258 g/mol. The van der Waals surface area contributed by atoms with Crippen LogP contribution in [0.25, 0.3) is 0 Å². The number of hydrogen-bond acceptors (Lipinski definition) is 2. The molecule has 0 saturated heterocycles. The molecule has 2 rings (SSSR count). The normalized spacial score (nSPS) is 10.5. The van der Waals surface area contributed by atoms with Gasteiger partial charge in [0.25, 0.3) is 0 Å². The van der Waals surface area contributed by atoms with Crippen LogP contribution in [-0.4, -0.2) is 6.54 Å². The molecule has 0 aliphatic carbocycles. The zero-order chi connectivity index (χ0) is 13.7. The number of aryl methyl sites for hydroxylation is 1. The minimum Gasteiger partial charge on any atom is -0.489 e. The summed E-state index contributed by atoms with van der Waals surface area (Å²) in [5.74, 6) is 0.819. The van der Waals surface area contributed by atoms with Crippen molar-refractivity contribution in [1.82, 2.24) is 0 Å². The second-order valence-electron chi connectivity index (χ2n) is 4.53. The third kappa shape index (κ3) is 3.72. The van der Waals surface area contributed by atoms with Gasteiger partial charge in [-0.2, -0.15) is 0 Å². The molecule has 0 bridgehead atoms. The summed E-state index contributed by atoms with van der Waals surface area (Å²) < 4.78 is 5.87. The summed E-state index contributed by atoms with van der Waals surface area (Å²) in [4.78, 5) is 0. The number of hydrogen-bond donors (Lipinski definition) is 1. The van der Waals surface area contributed by atoms with Gasteiger partial charge in [0.15, 0.2) is 0 Å². The van der Waals surface area contributed by atoms with Gasteiger partial charge in [-0.1, -0.05) is 47.5 Å². The van der Waals surface area contributed by atoms with Crippen molar-refractivity contribution in [3.8, 4) is 5.75 Å². The molecule has 3 heteroatoms. The van der Waals surface area contributed by atoms with Gasteiger partial charge in [0.2, 0.25) is 0 Å². The lowest BCUT2D eigenvalue weighted by molar-refractivity contribution is 0.303. The van der Waals surface area contributed by atoms with E-state index < -0.39 is 0 Å². The number of nitrogens with two attached hydrogens (primary N) is 1. The Kier molecular flexibility index (Phi) is 4.83. The summed E-state index contributed by atoms with van der Waals surface area (Å²) in [5, 5.41) is 0.715. The molecule has 0 aromatic heterocycles. The average Bonchev–Trinajstić information content (AvgIpc) is 2.40. The van der Waals surface area contributed by atoms with Crippen molar-refractivity contribution in [3.05, 3.63) is 64.2 Å². The fourth-order valence-electron chi connectivity index (χ4n) is 2.02.